The molecular weight excluding hydrogens is 272 g/mol. The predicted octanol–water partition coefficient (Wildman–Crippen LogP) is 2.33. The van der Waals surface area contributed by atoms with Crippen molar-refractivity contribution in [1.29, 1.82) is 0 Å². The first-order valence-corrected chi connectivity index (χ1v) is 7.17. The molecule has 1 aromatic rings. The molecule has 1 aliphatic rings. The Morgan fingerprint density at radius 3 is 2.67 bits per heavy atom. The first kappa shape index (κ1) is 15.4. The Balaban J connectivity index is 2.09. The number of carbonyl (C=O) groups is 1. The third-order valence-corrected chi connectivity index (χ3v) is 3.96. The summed E-state index contributed by atoms with van der Waals surface area (Å²) in [6.07, 6.45) is 4.29. The number of nitro benzene ring substituents is 1. The Morgan fingerprint density at radius 2 is 2.05 bits per heavy atom. The van der Waals surface area contributed by atoms with Gasteiger partial charge < -0.3 is 10.4 Å². The second-order valence-corrected chi connectivity index (χ2v) is 5.75. The second kappa shape index (κ2) is 6.22. The van der Waals surface area contributed by atoms with E-state index in [4.69, 9.17) is 0 Å². The van der Waals surface area contributed by atoms with E-state index >= 15 is 0 Å². The van der Waals surface area contributed by atoms with E-state index in [2.05, 4.69) is 5.32 Å². The third kappa shape index (κ3) is 3.78. The Kier molecular flexibility index (Phi) is 4.57. The molecule has 0 bridgehead atoms. The molecule has 0 radical (unpaired) electrons. The highest BCUT2D eigenvalue weighted by atomic mass is 16.6. The normalized spacial score (nSPS) is 17.2. The fourth-order valence-electron chi connectivity index (χ4n) is 2.72. The van der Waals surface area contributed by atoms with Crippen LogP contribution in [0.3, 0.4) is 0 Å². The summed E-state index contributed by atoms with van der Waals surface area (Å²) in [5.41, 5.74) is -0.276. The zero-order valence-electron chi connectivity index (χ0n) is 12.1. The molecule has 1 amide bonds. The smallest absolute Gasteiger partial charge is 0.282 e. The lowest BCUT2D eigenvalue weighted by atomic mass is 9.85. The van der Waals surface area contributed by atoms with Crippen molar-refractivity contribution in [2.75, 3.05) is 6.54 Å². The van der Waals surface area contributed by atoms with E-state index in [9.17, 15) is 20.0 Å². The molecule has 1 fully saturated rings. The second-order valence-electron chi connectivity index (χ2n) is 5.75. The molecule has 0 aliphatic heterocycles. The molecule has 0 aromatic heterocycles. The zero-order valence-corrected chi connectivity index (χ0v) is 12.1. The quantitative estimate of drug-likeness (QED) is 0.658. The maximum Gasteiger partial charge on any atom is 0.282 e. The van der Waals surface area contributed by atoms with Crippen LogP contribution in [0.2, 0.25) is 0 Å². The monoisotopic (exact) mass is 292 g/mol. The molecule has 114 valence electrons. The lowest BCUT2D eigenvalue weighted by molar-refractivity contribution is -0.385. The van der Waals surface area contributed by atoms with E-state index < -0.39 is 16.4 Å². The summed E-state index contributed by atoms with van der Waals surface area (Å²) in [7, 11) is 0. The van der Waals surface area contributed by atoms with E-state index in [0.717, 1.165) is 24.8 Å². The van der Waals surface area contributed by atoms with Crippen LogP contribution in [-0.4, -0.2) is 28.1 Å². The van der Waals surface area contributed by atoms with Crippen LogP contribution >= 0.6 is 0 Å². The van der Waals surface area contributed by atoms with Crippen molar-refractivity contribution in [1.82, 2.24) is 5.32 Å². The van der Waals surface area contributed by atoms with Gasteiger partial charge in [-0.2, -0.15) is 0 Å². The van der Waals surface area contributed by atoms with E-state index in [1.54, 1.807) is 13.0 Å². The van der Waals surface area contributed by atoms with Crippen molar-refractivity contribution in [3.05, 3.63) is 39.4 Å². The first-order valence-electron chi connectivity index (χ1n) is 7.17. The van der Waals surface area contributed by atoms with Crippen LogP contribution in [-0.2, 0) is 0 Å². The molecule has 2 rings (SSSR count). The topological polar surface area (TPSA) is 92.5 Å². The van der Waals surface area contributed by atoms with E-state index in [-0.39, 0.29) is 17.8 Å². The molecule has 6 nitrogen and oxygen atoms in total. The average Bonchev–Trinajstić information content (AvgIpc) is 2.45. The van der Waals surface area contributed by atoms with E-state index in [1.165, 1.54) is 12.1 Å². The summed E-state index contributed by atoms with van der Waals surface area (Å²) in [5, 5.41) is 24.0. The number of rotatable bonds is 4. The molecule has 0 heterocycles. The van der Waals surface area contributed by atoms with Crippen LogP contribution in [0.15, 0.2) is 18.2 Å². The number of benzene rings is 1. The fraction of sp³-hybridized carbons (Fsp3) is 0.533. The van der Waals surface area contributed by atoms with Gasteiger partial charge in [0.15, 0.2) is 0 Å². The standard InChI is InChI=1S/C15H20N2O4/c1-11-5-6-13(17(20)21)12(9-11)14(18)16-10-15(19)7-3-2-4-8-15/h5-6,9,19H,2-4,7-8,10H2,1H3,(H,16,18). The molecule has 6 heteroatoms. The summed E-state index contributed by atoms with van der Waals surface area (Å²) < 4.78 is 0. The van der Waals surface area contributed by atoms with Gasteiger partial charge in [-0.05, 0) is 31.4 Å². The van der Waals surface area contributed by atoms with Crippen molar-refractivity contribution in [2.24, 2.45) is 0 Å². The molecule has 1 aromatic carbocycles. The number of amides is 1. The molecule has 0 saturated heterocycles. The molecule has 2 N–H and O–H groups in total. The minimum Gasteiger partial charge on any atom is -0.388 e. The highest BCUT2D eigenvalue weighted by Crippen LogP contribution is 2.27. The van der Waals surface area contributed by atoms with Gasteiger partial charge in [0.1, 0.15) is 5.56 Å². The minimum atomic E-state index is -0.882. The van der Waals surface area contributed by atoms with Crippen LogP contribution in [0.4, 0.5) is 5.69 Å². The summed E-state index contributed by atoms with van der Waals surface area (Å²) in [6.45, 7) is 1.91. The largest absolute Gasteiger partial charge is 0.388 e. The molecule has 0 spiro atoms. The van der Waals surface area contributed by atoms with Gasteiger partial charge in [0.25, 0.3) is 11.6 Å². The fourth-order valence-corrected chi connectivity index (χ4v) is 2.72. The molecular formula is C15H20N2O4. The summed E-state index contributed by atoms with van der Waals surface area (Å²) in [5.74, 6) is -0.510. The summed E-state index contributed by atoms with van der Waals surface area (Å²) in [6, 6.07) is 4.43. The molecule has 1 aliphatic carbocycles. The van der Waals surface area contributed by atoms with Gasteiger partial charge in [0.05, 0.1) is 10.5 Å². The van der Waals surface area contributed by atoms with Gasteiger partial charge >= 0.3 is 0 Å². The summed E-state index contributed by atoms with van der Waals surface area (Å²) >= 11 is 0. The zero-order chi connectivity index (χ0) is 15.5. The lowest BCUT2D eigenvalue weighted by Crippen LogP contribution is -2.44. The maximum atomic E-state index is 12.2. The van der Waals surface area contributed by atoms with Crippen molar-refractivity contribution in [3.8, 4) is 0 Å². The van der Waals surface area contributed by atoms with Crippen LogP contribution in [0, 0.1) is 17.0 Å². The minimum absolute atomic E-state index is 0.0411. The number of aryl methyl sites for hydroxylation is 1. The number of nitrogens with zero attached hydrogens (tertiary/aromatic N) is 1. The van der Waals surface area contributed by atoms with Crippen LogP contribution in [0.5, 0.6) is 0 Å². The van der Waals surface area contributed by atoms with E-state index in [1.807, 2.05) is 0 Å². The van der Waals surface area contributed by atoms with Crippen LogP contribution in [0.1, 0.15) is 48.0 Å². The highest BCUT2D eigenvalue weighted by molar-refractivity contribution is 5.98. The number of nitrogens with one attached hydrogen (secondary N) is 1. The van der Waals surface area contributed by atoms with Gasteiger partial charge in [-0.1, -0.05) is 25.3 Å². The van der Waals surface area contributed by atoms with Gasteiger partial charge in [-0.3, -0.25) is 14.9 Å². The van der Waals surface area contributed by atoms with Gasteiger partial charge in [0, 0.05) is 12.6 Å². The first-order chi connectivity index (χ1) is 9.91. The molecule has 1 saturated carbocycles. The van der Waals surface area contributed by atoms with Gasteiger partial charge in [-0.15, -0.1) is 0 Å². The Hall–Kier alpha value is -1.95. The van der Waals surface area contributed by atoms with Crippen molar-refractivity contribution in [2.45, 2.75) is 44.6 Å². The highest BCUT2D eigenvalue weighted by Gasteiger charge is 2.30. The van der Waals surface area contributed by atoms with Crippen LogP contribution < -0.4 is 5.32 Å². The number of carbonyl (C=O) groups excluding carboxylic acids is 1. The average molecular weight is 292 g/mol. The Labute approximate surface area is 123 Å². The van der Waals surface area contributed by atoms with Crippen LogP contribution in [0.25, 0.3) is 0 Å². The van der Waals surface area contributed by atoms with Gasteiger partial charge in [0.2, 0.25) is 0 Å². The Bertz CT molecular complexity index is 551. The van der Waals surface area contributed by atoms with E-state index in [0.29, 0.717) is 12.8 Å². The van der Waals surface area contributed by atoms with Crippen molar-refractivity contribution >= 4 is 11.6 Å². The number of aliphatic hydroxyl groups is 1. The Morgan fingerprint density at radius 1 is 1.38 bits per heavy atom. The number of hydrogen-bond donors (Lipinski definition) is 2. The third-order valence-electron chi connectivity index (χ3n) is 3.96. The number of hydrogen-bond acceptors (Lipinski definition) is 4. The summed E-state index contributed by atoms with van der Waals surface area (Å²) in [4.78, 5) is 22.6. The maximum absolute atomic E-state index is 12.2. The molecule has 0 unspecified atom stereocenters. The van der Waals surface area contributed by atoms with Gasteiger partial charge in [-0.25, -0.2) is 0 Å². The SMILES string of the molecule is Cc1ccc([N+](=O)[O-])c(C(=O)NCC2(O)CCCCC2)c1. The lowest BCUT2D eigenvalue weighted by Gasteiger charge is -2.32. The predicted molar refractivity (Wildman–Crippen MR) is 78.2 cm³/mol. The van der Waals surface area contributed by atoms with Crippen molar-refractivity contribution < 1.29 is 14.8 Å². The van der Waals surface area contributed by atoms with Crippen molar-refractivity contribution in [3.63, 3.8) is 0 Å². The molecule has 0 atom stereocenters. The molecule has 21 heavy (non-hydrogen) atoms. The number of nitro groups is 1.